The van der Waals surface area contributed by atoms with Crippen molar-refractivity contribution in [1.82, 2.24) is 0 Å². The number of fused-ring (bicyclic) bond motifs is 5. The summed E-state index contributed by atoms with van der Waals surface area (Å²) >= 11 is 0. The van der Waals surface area contributed by atoms with E-state index in [9.17, 15) is 24.5 Å². The van der Waals surface area contributed by atoms with E-state index in [0.29, 0.717) is 17.1 Å². The van der Waals surface area contributed by atoms with Crippen molar-refractivity contribution in [3.63, 3.8) is 0 Å². The number of para-hydroxylation sites is 3. The second kappa shape index (κ2) is 8.84. The minimum Gasteiger partial charge on any atom is -0.495 e. The smallest absolute Gasteiger partial charge is 0.269 e. The quantitative estimate of drug-likeness (QED) is 0.316. The van der Waals surface area contributed by atoms with Crippen LogP contribution in [0.1, 0.15) is 5.56 Å². The molecule has 10 nitrogen and oxygen atoms in total. The molecule has 0 aliphatic carbocycles. The van der Waals surface area contributed by atoms with Crippen molar-refractivity contribution >= 4 is 46.5 Å². The predicted molar refractivity (Wildman–Crippen MR) is 140 cm³/mol. The maximum absolute atomic E-state index is 14.0. The van der Waals surface area contributed by atoms with Crippen molar-refractivity contribution in [2.24, 2.45) is 11.8 Å². The minimum absolute atomic E-state index is 0.108. The maximum Gasteiger partial charge on any atom is 0.269 e. The van der Waals surface area contributed by atoms with Crippen LogP contribution in [0.25, 0.3) is 6.08 Å². The summed E-state index contributed by atoms with van der Waals surface area (Å²) in [7, 11) is 1.47. The van der Waals surface area contributed by atoms with E-state index in [-0.39, 0.29) is 5.69 Å². The van der Waals surface area contributed by atoms with Crippen LogP contribution in [0.2, 0.25) is 0 Å². The number of nitrogens with one attached hydrogen (secondary N) is 1. The van der Waals surface area contributed by atoms with E-state index < -0.39 is 46.6 Å². The van der Waals surface area contributed by atoms with Gasteiger partial charge in [0.05, 0.1) is 35.6 Å². The van der Waals surface area contributed by atoms with Crippen LogP contribution in [-0.4, -0.2) is 41.8 Å². The molecule has 3 amide bonds. The number of benzene rings is 3. The van der Waals surface area contributed by atoms with Crippen molar-refractivity contribution in [3.05, 3.63) is 94.6 Å². The average molecular weight is 511 g/mol. The van der Waals surface area contributed by atoms with Gasteiger partial charge in [-0.1, -0.05) is 42.5 Å². The normalized spacial score (nSPS) is 23.1. The zero-order chi connectivity index (χ0) is 26.6. The van der Waals surface area contributed by atoms with Crippen molar-refractivity contribution in [2.45, 2.75) is 12.1 Å². The van der Waals surface area contributed by atoms with Gasteiger partial charge in [0, 0.05) is 23.5 Å². The topological polar surface area (TPSA) is 122 Å². The molecule has 10 heteroatoms. The highest BCUT2D eigenvalue weighted by molar-refractivity contribution is 6.25. The van der Waals surface area contributed by atoms with E-state index in [0.717, 1.165) is 16.2 Å². The molecule has 0 aromatic heterocycles. The summed E-state index contributed by atoms with van der Waals surface area (Å²) in [5.74, 6) is -2.72. The monoisotopic (exact) mass is 510 g/mol. The zero-order valence-electron chi connectivity index (χ0n) is 20.2. The van der Waals surface area contributed by atoms with E-state index in [1.165, 1.54) is 31.4 Å². The van der Waals surface area contributed by atoms with Gasteiger partial charge in [0.2, 0.25) is 17.7 Å². The number of hydrogen-bond acceptors (Lipinski definition) is 7. The van der Waals surface area contributed by atoms with Crippen LogP contribution in [0, 0.1) is 22.0 Å². The standard InChI is InChI=1S/C28H22N4O6/c1-38-22-9-5-4-8-20(22)31-27(34)23-21-15-10-16-6-2-3-7-19(16)30(21)25(24(23)28(31)35)26(33)29-17-11-13-18(14-12-17)32(36)37/h2-15,21,23-25H,1H3,(H,29,33)/t21-,23+,24-,25+/m1/s1. The van der Waals surface area contributed by atoms with Gasteiger partial charge < -0.3 is 15.0 Å². The lowest BCUT2D eigenvalue weighted by atomic mass is 9.88. The molecule has 2 fully saturated rings. The summed E-state index contributed by atoms with van der Waals surface area (Å²) in [4.78, 5) is 55.1. The Bertz CT molecular complexity index is 1520. The van der Waals surface area contributed by atoms with Crippen molar-refractivity contribution in [1.29, 1.82) is 0 Å². The third kappa shape index (κ3) is 3.45. The summed E-state index contributed by atoms with van der Waals surface area (Å²) < 4.78 is 5.41. The lowest BCUT2D eigenvalue weighted by Gasteiger charge is -2.36. The van der Waals surface area contributed by atoms with E-state index in [4.69, 9.17) is 4.74 Å². The van der Waals surface area contributed by atoms with Gasteiger partial charge >= 0.3 is 0 Å². The van der Waals surface area contributed by atoms with Crippen molar-refractivity contribution in [3.8, 4) is 5.75 Å². The van der Waals surface area contributed by atoms with Crippen LogP contribution < -0.4 is 19.9 Å². The number of carbonyl (C=O) groups excluding carboxylic acids is 3. The molecule has 3 aromatic carbocycles. The molecule has 1 N–H and O–H groups in total. The van der Waals surface area contributed by atoms with Crippen LogP contribution in [0.4, 0.5) is 22.7 Å². The molecule has 0 spiro atoms. The summed E-state index contributed by atoms with van der Waals surface area (Å²) in [6, 6.07) is 18.2. The molecule has 3 aliphatic heterocycles. The Labute approximate surface area is 217 Å². The number of nitro benzene ring substituents is 1. The molecule has 4 atom stereocenters. The van der Waals surface area contributed by atoms with E-state index >= 15 is 0 Å². The SMILES string of the molecule is COc1ccccc1N1C(=O)[C@@H]2[C@@H](C1=O)[C@@H](C(=O)Nc1ccc([N+](=O)[O-])cc1)N1c3ccccc3C=C[C@H]21. The molecule has 3 heterocycles. The van der Waals surface area contributed by atoms with E-state index in [2.05, 4.69) is 5.32 Å². The second-order valence-corrected chi connectivity index (χ2v) is 9.29. The van der Waals surface area contributed by atoms with Crippen LogP contribution in [0.3, 0.4) is 0 Å². The first-order chi connectivity index (χ1) is 18.4. The lowest BCUT2D eigenvalue weighted by Crippen LogP contribution is -2.50. The van der Waals surface area contributed by atoms with Gasteiger partial charge in [0.25, 0.3) is 5.69 Å². The first-order valence-corrected chi connectivity index (χ1v) is 12.0. The lowest BCUT2D eigenvalue weighted by molar-refractivity contribution is -0.384. The highest BCUT2D eigenvalue weighted by Gasteiger charge is 2.64. The summed E-state index contributed by atoms with van der Waals surface area (Å²) in [6.07, 6.45) is 3.78. The maximum atomic E-state index is 14.0. The first-order valence-electron chi connectivity index (χ1n) is 12.0. The molecular formula is C28H22N4O6. The Morgan fingerprint density at radius 1 is 0.921 bits per heavy atom. The minimum atomic E-state index is -0.998. The molecule has 0 unspecified atom stereocenters. The van der Waals surface area contributed by atoms with E-state index in [1.807, 2.05) is 41.3 Å². The Hall–Kier alpha value is -4.99. The first kappa shape index (κ1) is 23.4. The van der Waals surface area contributed by atoms with Gasteiger partial charge in [-0.2, -0.15) is 0 Å². The molecule has 0 saturated carbocycles. The number of carbonyl (C=O) groups is 3. The second-order valence-electron chi connectivity index (χ2n) is 9.29. The Balaban J connectivity index is 1.42. The Kier molecular flexibility index (Phi) is 5.45. The van der Waals surface area contributed by atoms with Crippen molar-refractivity contribution < 1.29 is 24.0 Å². The van der Waals surface area contributed by atoms with Crippen LogP contribution in [0.5, 0.6) is 5.75 Å². The summed E-state index contributed by atoms with van der Waals surface area (Å²) in [5, 5.41) is 13.8. The number of non-ortho nitro benzene ring substituents is 1. The molecular weight excluding hydrogens is 488 g/mol. The van der Waals surface area contributed by atoms with Gasteiger partial charge in [0.1, 0.15) is 11.8 Å². The van der Waals surface area contributed by atoms with Crippen LogP contribution >= 0.6 is 0 Å². The fraction of sp³-hybridized carbons (Fsp3) is 0.179. The average Bonchev–Trinajstić information content (AvgIpc) is 3.41. The summed E-state index contributed by atoms with van der Waals surface area (Å²) in [6.45, 7) is 0. The van der Waals surface area contributed by atoms with Crippen LogP contribution in [0.15, 0.2) is 78.9 Å². The number of ether oxygens (including phenoxy) is 1. The van der Waals surface area contributed by atoms with Gasteiger partial charge in [-0.3, -0.25) is 24.5 Å². The molecule has 38 heavy (non-hydrogen) atoms. The van der Waals surface area contributed by atoms with Crippen molar-refractivity contribution in [2.75, 3.05) is 22.2 Å². The van der Waals surface area contributed by atoms with Gasteiger partial charge in [0.15, 0.2) is 0 Å². The molecule has 3 aliphatic rings. The highest BCUT2D eigenvalue weighted by Crippen LogP contribution is 2.50. The Morgan fingerprint density at radius 2 is 1.58 bits per heavy atom. The fourth-order valence-electron chi connectivity index (χ4n) is 5.75. The number of hydrogen-bond donors (Lipinski definition) is 1. The molecule has 3 aromatic rings. The van der Waals surface area contributed by atoms with Crippen LogP contribution in [-0.2, 0) is 14.4 Å². The molecule has 2 saturated heterocycles. The number of nitro groups is 1. The van der Waals surface area contributed by atoms with Gasteiger partial charge in [-0.15, -0.1) is 0 Å². The number of amides is 3. The number of anilines is 3. The number of rotatable bonds is 5. The number of nitrogens with zero attached hydrogens (tertiary/aromatic N) is 3. The summed E-state index contributed by atoms with van der Waals surface area (Å²) in [5.41, 5.74) is 2.20. The van der Waals surface area contributed by atoms with E-state index in [1.54, 1.807) is 24.3 Å². The fourth-order valence-corrected chi connectivity index (χ4v) is 5.75. The third-order valence-electron chi connectivity index (χ3n) is 7.36. The Morgan fingerprint density at radius 3 is 2.29 bits per heavy atom. The molecule has 190 valence electrons. The molecule has 0 bridgehead atoms. The number of methoxy groups -OCH3 is 1. The third-order valence-corrected chi connectivity index (χ3v) is 7.36. The van der Waals surface area contributed by atoms with Gasteiger partial charge in [-0.25, -0.2) is 4.90 Å². The number of imide groups is 1. The zero-order valence-corrected chi connectivity index (χ0v) is 20.2. The van der Waals surface area contributed by atoms with Gasteiger partial charge in [-0.05, 0) is 35.9 Å². The predicted octanol–water partition coefficient (Wildman–Crippen LogP) is 3.63. The largest absolute Gasteiger partial charge is 0.495 e. The highest BCUT2D eigenvalue weighted by atomic mass is 16.6. The molecule has 0 radical (unpaired) electrons. The molecule has 6 rings (SSSR count).